The van der Waals surface area contributed by atoms with Gasteiger partial charge in [0, 0.05) is 6.42 Å². The highest BCUT2D eigenvalue weighted by Crippen LogP contribution is 2.69. The van der Waals surface area contributed by atoms with E-state index in [9.17, 15) is 15.8 Å². The van der Waals surface area contributed by atoms with E-state index >= 15 is 0 Å². The van der Waals surface area contributed by atoms with Gasteiger partial charge in [-0.25, -0.2) is 0 Å². The topological polar surface area (TPSA) is 132 Å². The molecule has 1 aromatic carbocycles. The van der Waals surface area contributed by atoms with Crippen LogP contribution in [0.5, 0.6) is 11.5 Å². The molecule has 2 heterocycles. The maximum Gasteiger partial charge on any atom is 0.217 e. The zero-order valence-corrected chi connectivity index (χ0v) is 16.9. The van der Waals surface area contributed by atoms with Crippen molar-refractivity contribution in [3.63, 3.8) is 0 Å². The van der Waals surface area contributed by atoms with Crippen LogP contribution in [0, 0.1) is 56.2 Å². The predicted molar refractivity (Wildman–Crippen MR) is 103 cm³/mol. The quantitative estimate of drug-likeness (QED) is 0.807. The number of nitrogens with one attached hydrogen (secondary N) is 1. The van der Waals surface area contributed by atoms with E-state index in [4.69, 9.17) is 24.4 Å². The van der Waals surface area contributed by atoms with Crippen LogP contribution in [-0.2, 0) is 9.47 Å². The summed E-state index contributed by atoms with van der Waals surface area (Å²) < 4.78 is 23.3. The van der Waals surface area contributed by atoms with Gasteiger partial charge in [0.25, 0.3) is 0 Å². The molecule has 1 aliphatic carbocycles. The van der Waals surface area contributed by atoms with Crippen molar-refractivity contribution in [2.24, 2.45) is 16.7 Å². The molecule has 1 N–H and O–H groups in total. The number of nitrogens with zero attached hydrogens (tertiary/aromatic N) is 3. The van der Waals surface area contributed by atoms with E-state index in [0.29, 0.717) is 36.5 Å². The van der Waals surface area contributed by atoms with Crippen molar-refractivity contribution in [3.8, 4) is 29.7 Å². The van der Waals surface area contributed by atoms with Crippen LogP contribution in [0.1, 0.15) is 44.3 Å². The van der Waals surface area contributed by atoms with Crippen LogP contribution in [0.4, 0.5) is 0 Å². The lowest BCUT2D eigenvalue weighted by Gasteiger charge is -2.51. The van der Waals surface area contributed by atoms with E-state index in [2.05, 4.69) is 18.2 Å². The van der Waals surface area contributed by atoms with E-state index in [1.165, 1.54) is 7.11 Å². The van der Waals surface area contributed by atoms with Crippen molar-refractivity contribution in [2.75, 3.05) is 13.7 Å². The summed E-state index contributed by atoms with van der Waals surface area (Å²) in [6.07, 6.45) is 1.61. The van der Waals surface area contributed by atoms with E-state index in [-0.39, 0.29) is 5.90 Å². The lowest BCUT2D eigenvalue weighted by molar-refractivity contribution is -0.294. The second-order valence-corrected chi connectivity index (χ2v) is 7.83. The average Bonchev–Trinajstić information content (AvgIpc) is 2.98. The maximum absolute atomic E-state index is 10.3. The number of methoxy groups -OCH3 is 1. The van der Waals surface area contributed by atoms with Crippen LogP contribution in [0.25, 0.3) is 0 Å². The highest BCUT2D eigenvalue weighted by molar-refractivity contribution is 5.89. The lowest BCUT2D eigenvalue weighted by atomic mass is 9.51. The molecule has 2 aliphatic heterocycles. The molecule has 0 aromatic heterocycles. The minimum atomic E-state index is -1.95. The summed E-state index contributed by atoms with van der Waals surface area (Å²) in [5.74, 6) is -1.12. The third-order valence-corrected chi connectivity index (χ3v) is 6.61. The molecule has 0 amide bonds. The molecule has 4 atom stereocenters. The molecule has 2 saturated heterocycles. The molecular formula is C22H22N4O4. The van der Waals surface area contributed by atoms with Gasteiger partial charge in [-0.2, -0.15) is 15.8 Å². The van der Waals surface area contributed by atoms with Crippen LogP contribution in [0.3, 0.4) is 0 Å². The zero-order valence-electron chi connectivity index (χ0n) is 16.9. The molecule has 0 radical (unpaired) electrons. The summed E-state index contributed by atoms with van der Waals surface area (Å²) in [5, 5.41) is 39.3. The van der Waals surface area contributed by atoms with Crippen molar-refractivity contribution in [3.05, 3.63) is 23.8 Å². The molecule has 4 rings (SSSR count). The van der Waals surface area contributed by atoms with Crippen LogP contribution in [-0.4, -0.2) is 25.4 Å². The van der Waals surface area contributed by atoms with Crippen LogP contribution in [0.2, 0.25) is 0 Å². The SMILES string of the molecule is CCOc1ccc(C2OC34CCCCC3C(C#N)(C(=N)O4)C2(C#N)C#N)cc1OC. The number of nitriles is 3. The van der Waals surface area contributed by atoms with E-state index < -0.39 is 28.6 Å². The Balaban J connectivity index is 1.94. The Kier molecular flexibility index (Phi) is 4.60. The number of hydrogen-bond donors (Lipinski definition) is 1. The number of hydrogen-bond acceptors (Lipinski definition) is 8. The van der Waals surface area contributed by atoms with Crippen molar-refractivity contribution < 1.29 is 18.9 Å². The molecule has 8 nitrogen and oxygen atoms in total. The minimum absolute atomic E-state index is 0.347. The van der Waals surface area contributed by atoms with Gasteiger partial charge >= 0.3 is 0 Å². The molecular weight excluding hydrogens is 384 g/mol. The fourth-order valence-electron chi connectivity index (χ4n) is 5.28. The summed E-state index contributed by atoms with van der Waals surface area (Å²) >= 11 is 0. The Morgan fingerprint density at radius 1 is 1.17 bits per heavy atom. The summed E-state index contributed by atoms with van der Waals surface area (Å²) in [5.41, 5.74) is -3.15. The Labute approximate surface area is 175 Å². The van der Waals surface area contributed by atoms with Gasteiger partial charge < -0.3 is 18.9 Å². The van der Waals surface area contributed by atoms with Crippen molar-refractivity contribution in [2.45, 2.75) is 44.5 Å². The van der Waals surface area contributed by atoms with Crippen molar-refractivity contribution >= 4 is 5.90 Å². The van der Waals surface area contributed by atoms with Gasteiger partial charge in [-0.05, 0) is 37.5 Å². The molecule has 3 aliphatic rings. The largest absolute Gasteiger partial charge is 0.493 e. The number of benzene rings is 1. The second-order valence-electron chi connectivity index (χ2n) is 7.83. The molecule has 0 spiro atoms. The summed E-state index contributed by atoms with van der Waals surface area (Å²) in [7, 11) is 1.50. The van der Waals surface area contributed by atoms with Crippen LogP contribution in [0.15, 0.2) is 18.2 Å². The molecule has 154 valence electrons. The van der Waals surface area contributed by atoms with Gasteiger partial charge in [-0.15, -0.1) is 0 Å². The molecule has 4 unspecified atom stereocenters. The first kappa shape index (κ1) is 20.0. The van der Waals surface area contributed by atoms with Gasteiger partial charge in [0.15, 0.2) is 16.9 Å². The lowest BCUT2D eigenvalue weighted by Crippen LogP contribution is -2.60. The Morgan fingerprint density at radius 2 is 1.93 bits per heavy atom. The number of rotatable bonds is 4. The first-order valence-electron chi connectivity index (χ1n) is 9.99. The molecule has 3 fully saturated rings. The number of ether oxygens (including phenoxy) is 4. The molecule has 1 saturated carbocycles. The Hall–Kier alpha value is -3.28. The third-order valence-electron chi connectivity index (χ3n) is 6.61. The van der Waals surface area contributed by atoms with Crippen LogP contribution < -0.4 is 9.47 Å². The maximum atomic E-state index is 10.3. The molecule has 30 heavy (non-hydrogen) atoms. The smallest absolute Gasteiger partial charge is 0.217 e. The highest BCUT2D eigenvalue weighted by Gasteiger charge is 2.80. The average molecular weight is 406 g/mol. The van der Waals surface area contributed by atoms with Gasteiger partial charge in [-0.1, -0.05) is 12.5 Å². The van der Waals surface area contributed by atoms with Gasteiger partial charge in [0.05, 0.1) is 37.8 Å². The first-order chi connectivity index (χ1) is 14.5. The molecule has 8 heteroatoms. The fourth-order valence-corrected chi connectivity index (χ4v) is 5.28. The van der Waals surface area contributed by atoms with E-state index in [0.717, 1.165) is 12.8 Å². The van der Waals surface area contributed by atoms with Crippen molar-refractivity contribution in [1.29, 1.82) is 21.2 Å². The van der Waals surface area contributed by atoms with Gasteiger partial charge in [0.1, 0.15) is 6.10 Å². The van der Waals surface area contributed by atoms with Crippen molar-refractivity contribution in [1.82, 2.24) is 0 Å². The second kappa shape index (κ2) is 6.90. The molecule has 2 bridgehead atoms. The normalized spacial score (nSPS) is 33.2. The Bertz CT molecular complexity index is 1010. The fraction of sp³-hybridized carbons (Fsp3) is 0.545. The van der Waals surface area contributed by atoms with E-state index in [1.807, 2.05) is 6.92 Å². The van der Waals surface area contributed by atoms with E-state index in [1.54, 1.807) is 18.2 Å². The minimum Gasteiger partial charge on any atom is -0.493 e. The van der Waals surface area contributed by atoms with Crippen LogP contribution >= 0.6 is 0 Å². The predicted octanol–water partition coefficient (Wildman–Crippen LogP) is 3.60. The van der Waals surface area contributed by atoms with Gasteiger partial charge in [-0.3, -0.25) is 5.41 Å². The first-order valence-corrected chi connectivity index (χ1v) is 9.99. The summed E-state index contributed by atoms with van der Waals surface area (Å²) in [6, 6.07) is 11.4. The third kappa shape index (κ3) is 2.24. The summed E-state index contributed by atoms with van der Waals surface area (Å²) in [6.45, 7) is 2.30. The highest BCUT2D eigenvalue weighted by atomic mass is 16.7. The zero-order chi connectivity index (χ0) is 21.6. The monoisotopic (exact) mass is 406 g/mol. The summed E-state index contributed by atoms with van der Waals surface area (Å²) in [4.78, 5) is 0. The standard InChI is InChI=1S/C22H22N4O4/c1-3-28-15-8-7-14(10-16(15)27-2)18-20(11-23,12-24)21(13-25)17-6-4-5-9-22(17,29-18)30-19(21)26/h7-8,10,17-18,26H,3-6,9H2,1-2H3. The van der Waals surface area contributed by atoms with Gasteiger partial charge in [0.2, 0.25) is 17.1 Å². The Morgan fingerprint density at radius 3 is 2.57 bits per heavy atom. The molecule has 1 aromatic rings.